The Labute approximate surface area is 183 Å². The van der Waals surface area contributed by atoms with Crippen LogP contribution in [0, 0.1) is 17.6 Å². The molecule has 1 aliphatic carbocycles. The van der Waals surface area contributed by atoms with Crippen LogP contribution in [0.5, 0.6) is 5.75 Å². The van der Waals surface area contributed by atoms with E-state index in [4.69, 9.17) is 4.74 Å². The lowest BCUT2D eigenvalue weighted by molar-refractivity contribution is 0.315. The quantitative estimate of drug-likeness (QED) is 0.355. The van der Waals surface area contributed by atoms with Crippen LogP contribution in [0.3, 0.4) is 0 Å². The van der Waals surface area contributed by atoms with Gasteiger partial charge in [0.15, 0.2) is 11.6 Å². The fraction of sp³-hybridized carbons (Fsp3) is 0.357. The van der Waals surface area contributed by atoms with Crippen LogP contribution in [0.25, 0.3) is 10.8 Å². The predicted octanol–water partition coefficient (Wildman–Crippen LogP) is 7.76. The van der Waals surface area contributed by atoms with Crippen molar-refractivity contribution in [3.63, 3.8) is 0 Å². The summed E-state index contributed by atoms with van der Waals surface area (Å²) >= 11 is 0. The zero-order valence-electron chi connectivity index (χ0n) is 18.2. The molecule has 1 nitrogen and oxygen atoms in total. The normalized spacial score (nSPS) is 18.8. The molecule has 162 valence electrons. The number of ether oxygens (including phenoxy) is 1. The van der Waals surface area contributed by atoms with E-state index in [-0.39, 0.29) is 5.75 Å². The van der Waals surface area contributed by atoms with E-state index in [1.807, 2.05) is 12.1 Å². The molecule has 0 N–H and O–H groups in total. The zero-order chi connectivity index (χ0) is 21.8. The summed E-state index contributed by atoms with van der Waals surface area (Å²) in [4.78, 5) is 0. The maximum atomic E-state index is 14.5. The molecule has 0 unspecified atom stereocenters. The van der Waals surface area contributed by atoms with Gasteiger partial charge in [0.1, 0.15) is 0 Å². The van der Waals surface area contributed by atoms with Crippen LogP contribution in [0.15, 0.2) is 61.2 Å². The van der Waals surface area contributed by atoms with Crippen molar-refractivity contribution in [3.8, 4) is 5.75 Å². The van der Waals surface area contributed by atoms with Gasteiger partial charge in [-0.25, -0.2) is 4.39 Å². The first-order chi connectivity index (χ1) is 15.1. The summed E-state index contributed by atoms with van der Waals surface area (Å²) in [6.45, 7) is 5.99. The molecule has 0 saturated heterocycles. The molecule has 0 heterocycles. The van der Waals surface area contributed by atoms with Crippen LogP contribution in [-0.4, -0.2) is 6.61 Å². The third-order valence-electron chi connectivity index (χ3n) is 6.61. The molecule has 0 bridgehead atoms. The first kappa shape index (κ1) is 21.5. The molecule has 31 heavy (non-hydrogen) atoms. The Morgan fingerprint density at radius 1 is 0.903 bits per heavy atom. The highest BCUT2D eigenvalue weighted by molar-refractivity contribution is 5.85. The van der Waals surface area contributed by atoms with Crippen LogP contribution in [-0.2, 0) is 12.8 Å². The summed E-state index contributed by atoms with van der Waals surface area (Å²) in [5, 5.41) is 0.963. The number of allylic oxidation sites excluding steroid dienone is 1. The van der Waals surface area contributed by atoms with Gasteiger partial charge in [-0.2, -0.15) is 4.39 Å². The van der Waals surface area contributed by atoms with Crippen molar-refractivity contribution in [1.82, 2.24) is 0 Å². The van der Waals surface area contributed by atoms with Crippen molar-refractivity contribution < 1.29 is 13.5 Å². The predicted molar refractivity (Wildman–Crippen MR) is 124 cm³/mol. The minimum Gasteiger partial charge on any atom is -0.491 e. The SMILES string of the molecule is C=CC1CCC(c2ccc(CCc3ccc4cc(OCC)c(F)c(F)c4c3)cc2)CC1. The van der Waals surface area contributed by atoms with E-state index >= 15 is 0 Å². The Bertz CT molecular complexity index is 1050. The summed E-state index contributed by atoms with van der Waals surface area (Å²) in [7, 11) is 0. The highest BCUT2D eigenvalue weighted by Crippen LogP contribution is 2.36. The van der Waals surface area contributed by atoms with Crippen LogP contribution < -0.4 is 4.74 Å². The Kier molecular flexibility index (Phi) is 6.70. The summed E-state index contributed by atoms with van der Waals surface area (Å²) < 4.78 is 34.0. The van der Waals surface area contributed by atoms with Gasteiger partial charge in [0.25, 0.3) is 0 Å². The van der Waals surface area contributed by atoms with E-state index < -0.39 is 11.6 Å². The number of hydrogen-bond donors (Lipinski definition) is 0. The fourth-order valence-electron chi connectivity index (χ4n) is 4.70. The standard InChI is InChI=1S/C28H30F2O/c1-3-19-7-12-22(13-8-19)23-14-9-20(10-15-23)5-6-21-11-16-24-18-26(31-4-2)28(30)27(29)25(24)17-21/h3,9-11,14-19,22H,1,4-8,12-13H2,2H3. The molecule has 1 aliphatic rings. The molecule has 0 radical (unpaired) electrons. The van der Waals surface area contributed by atoms with E-state index in [2.05, 4.69) is 36.9 Å². The van der Waals surface area contributed by atoms with E-state index in [0.717, 1.165) is 18.4 Å². The van der Waals surface area contributed by atoms with E-state index in [0.29, 0.717) is 29.2 Å². The topological polar surface area (TPSA) is 9.23 Å². The Hall–Kier alpha value is -2.68. The molecule has 0 spiro atoms. The summed E-state index contributed by atoms with van der Waals surface area (Å²) in [5.74, 6) is -0.437. The molecule has 3 aromatic carbocycles. The van der Waals surface area contributed by atoms with Gasteiger partial charge in [-0.3, -0.25) is 0 Å². The van der Waals surface area contributed by atoms with Crippen LogP contribution in [0.2, 0.25) is 0 Å². The minimum absolute atomic E-state index is 0.0293. The number of aryl methyl sites for hydroxylation is 2. The fourth-order valence-corrected chi connectivity index (χ4v) is 4.70. The zero-order valence-corrected chi connectivity index (χ0v) is 18.2. The summed E-state index contributed by atoms with van der Waals surface area (Å²) in [5.41, 5.74) is 3.70. The smallest absolute Gasteiger partial charge is 0.201 e. The number of fused-ring (bicyclic) bond motifs is 1. The maximum Gasteiger partial charge on any atom is 0.201 e. The molecule has 0 aromatic heterocycles. The second kappa shape index (κ2) is 9.64. The largest absolute Gasteiger partial charge is 0.491 e. The van der Waals surface area contributed by atoms with Crippen molar-refractivity contribution in [1.29, 1.82) is 0 Å². The number of benzene rings is 3. The molecule has 0 atom stereocenters. The van der Waals surface area contributed by atoms with Gasteiger partial charge in [0.2, 0.25) is 5.82 Å². The second-order valence-electron chi connectivity index (χ2n) is 8.58. The Balaban J connectivity index is 1.42. The Morgan fingerprint density at radius 2 is 1.58 bits per heavy atom. The van der Waals surface area contributed by atoms with Gasteiger partial charge in [0.05, 0.1) is 6.61 Å². The molecule has 3 heteroatoms. The molecule has 1 fully saturated rings. The number of halogens is 2. The van der Waals surface area contributed by atoms with Crippen molar-refractivity contribution in [2.45, 2.75) is 51.4 Å². The van der Waals surface area contributed by atoms with Crippen molar-refractivity contribution >= 4 is 10.8 Å². The Morgan fingerprint density at radius 3 is 2.26 bits per heavy atom. The number of hydrogen-bond acceptors (Lipinski definition) is 1. The minimum atomic E-state index is -0.913. The van der Waals surface area contributed by atoms with E-state index in [1.54, 1.807) is 19.1 Å². The maximum absolute atomic E-state index is 14.5. The lowest BCUT2D eigenvalue weighted by atomic mass is 9.78. The van der Waals surface area contributed by atoms with Crippen molar-refractivity contribution in [2.24, 2.45) is 5.92 Å². The molecule has 1 saturated carbocycles. The summed E-state index contributed by atoms with van der Waals surface area (Å²) in [6.07, 6.45) is 8.71. The van der Waals surface area contributed by atoms with Gasteiger partial charge in [-0.1, -0.05) is 42.5 Å². The highest BCUT2D eigenvalue weighted by Gasteiger charge is 2.20. The van der Waals surface area contributed by atoms with Crippen LogP contribution in [0.1, 0.15) is 55.2 Å². The molecule has 0 aliphatic heterocycles. The monoisotopic (exact) mass is 420 g/mol. The van der Waals surface area contributed by atoms with Gasteiger partial charge in [-0.05, 0) is 91.5 Å². The van der Waals surface area contributed by atoms with Gasteiger partial charge in [0, 0.05) is 5.39 Å². The molecule has 0 amide bonds. The van der Waals surface area contributed by atoms with Gasteiger partial charge in [-0.15, -0.1) is 6.58 Å². The second-order valence-corrected chi connectivity index (χ2v) is 8.58. The van der Waals surface area contributed by atoms with Crippen LogP contribution in [0.4, 0.5) is 8.78 Å². The summed E-state index contributed by atoms with van der Waals surface area (Å²) in [6, 6.07) is 16.1. The van der Waals surface area contributed by atoms with E-state index in [1.165, 1.54) is 36.8 Å². The molecule has 3 aromatic rings. The highest BCUT2D eigenvalue weighted by atomic mass is 19.2. The third kappa shape index (κ3) is 4.81. The van der Waals surface area contributed by atoms with Gasteiger partial charge >= 0.3 is 0 Å². The van der Waals surface area contributed by atoms with E-state index in [9.17, 15) is 8.78 Å². The van der Waals surface area contributed by atoms with Crippen molar-refractivity contribution in [3.05, 3.63) is 89.5 Å². The average molecular weight is 421 g/mol. The molecular weight excluding hydrogens is 390 g/mol. The lowest BCUT2D eigenvalue weighted by Gasteiger charge is -2.27. The lowest BCUT2D eigenvalue weighted by Crippen LogP contribution is -2.11. The van der Waals surface area contributed by atoms with Gasteiger partial charge < -0.3 is 4.74 Å². The molecular formula is C28H30F2O. The van der Waals surface area contributed by atoms with Crippen molar-refractivity contribution in [2.75, 3.05) is 6.61 Å². The first-order valence-corrected chi connectivity index (χ1v) is 11.3. The van der Waals surface area contributed by atoms with Crippen LogP contribution >= 0.6 is 0 Å². The molecule has 4 rings (SSSR count). The number of rotatable bonds is 7. The first-order valence-electron chi connectivity index (χ1n) is 11.3. The average Bonchev–Trinajstić information content (AvgIpc) is 2.82. The third-order valence-corrected chi connectivity index (χ3v) is 6.61.